The van der Waals surface area contributed by atoms with Crippen LogP contribution >= 0.6 is 47.6 Å². The van der Waals surface area contributed by atoms with Crippen molar-refractivity contribution in [2.75, 3.05) is 23.8 Å². The smallest absolute Gasteiger partial charge is 0.170 e. The molecule has 9 heteroatoms. The van der Waals surface area contributed by atoms with Gasteiger partial charge < -0.3 is 26.4 Å². The van der Waals surface area contributed by atoms with E-state index in [4.69, 9.17) is 58.1 Å². The molecular formula is C19H22Cl2N4OS2. The lowest BCUT2D eigenvalue weighted by Gasteiger charge is -2.11. The molecule has 0 fully saturated rings. The summed E-state index contributed by atoms with van der Waals surface area (Å²) in [4.78, 5) is 0. The van der Waals surface area contributed by atoms with Gasteiger partial charge in [-0.15, -0.1) is 0 Å². The molecule has 0 heterocycles. The first-order valence-electron chi connectivity index (χ1n) is 8.72. The standard InChI is InChI=1S/C19H22Cl2N4OS2/c20-13-9-14(21)11-16(10-13)25-19(28)23-7-2-1-3-8-26-17-6-4-5-15(12-17)24-18(22)27/h4-6,9-12H,1-3,7-8H2,(H3,22,24,27)(H2,23,25,28). The van der Waals surface area contributed by atoms with Gasteiger partial charge in [0.25, 0.3) is 0 Å². The van der Waals surface area contributed by atoms with Crippen LogP contribution in [0.15, 0.2) is 42.5 Å². The highest BCUT2D eigenvalue weighted by molar-refractivity contribution is 7.80. The van der Waals surface area contributed by atoms with Crippen LogP contribution < -0.4 is 26.4 Å². The van der Waals surface area contributed by atoms with E-state index in [9.17, 15) is 0 Å². The highest BCUT2D eigenvalue weighted by Gasteiger charge is 2.01. The number of hydrogen-bond acceptors (Lipinski definition) is 3. The Balaban J connectivity index is 1.58. The number of nitrogens with two attached hydrogens (primary N) is 1. The Morgan fingerprint density at radius 3 is 2.39 bits per heavy atom. The Morgan fingerprint density at radius 1 is 0.929 bits per heavy atom. The molecule has 0 spiro atoms. The van der Waals surface area contributed by atoms with Gasteiger partial charge in [-0.05, 0) is 74.0 Å². The zero-order valence-electron chi connectivity index (χ0n) is 15.1. The molecule has 28 heavy (non-hydrogen) atoms. The van der Waals surface area contributed by atoms with Crippen LogP contribution in [0.25, 0.3) is 0 Å². The fraction of sp³-hybridized carbons (Fsp3) is 0.263. The van der Waals surface area contributed by atoms with Gasteiger partial charge >= 0.3 is 0 Å². The van der Waals surface area contributed by atoms with Gasteiger partial charge in [-0.2, -0.15) is 0 Å². The van der Waals surface area contributed by atoms with Crippen LogP contribution in [0.5, 0.6) is 5.75 Å². The van der Waals surface area contributed by atoms with Crippen molar-refractivity contribution < 1.29 is 4.74 Å². The average molecular weight is 457 g/mol. The van der Waals surface area contributed by atoms with Crippen LogP contribution in [-0.2, 0) is 0 Å². The molecule has 0 aliphatic carbocycles. The maximum absolute atomic E-state index is 5.97. The third-order valence-electron chi connectivity index (χ3n) is 3.60. The number of thiocarbonyl (C=S) groups is 2. The molecule has 0 aliphatic heterocycles. The summed E-state index contributed by atoms with van der Waals surface area (Å²) >= 11 is 22.0. The topological polar surface area (TPSA) is 71.3 Å². The first-order chi connectivity index (χ1) is 13.4. The summed E-state index contributed by atoms with van der Waals surface area (Å²) < 4.78 is 5.75. The lowest BCUT2D eigenvalue weighted by atomic mass is 10.2. The Morgan fingerprint density at radius 2 is 1.68 bits per heavy atom. The number of anilines is 2. The zero-order chi connectivity index (χ0) is 20.4. The maximum Gasteiger partial charge on any atom is 0.170 e. The summed E-state index contributed by atoms with van der Waals surface area (Å²) in [5, 5.41) is 11.0. The van der Waals surface area contributed by atoms with E-state index in [1.54, 1.807) is 18.2 Å². The second-order valence-corrected chi connectivity index (χ2v) is 7.69. The van der Waals surface area contributed by atoms with E-state index >= 15 is 0 Å². The molecule has 0 saturated carbocycles. The molecule has 0 radical (unpaired) electrons. The van der Waals surface area contributed by atoms with Gasteiger partial charge in [0, 0.05) is 34.0 Å². The third-order valence-corrected chi connectivity index (χ3v) is 4.38. The number of benzene rings is 2. The lowest BCUT2D eigenvalue weighted by Crippen LogP contribution is -2.29. The monoisotopic (exact) mass is 456 g/mol. The van der Waals surface area contributed by atoms with E-state index < -0.39 is 0 Å². The Bertz CT molecular complexity index is 800. The second-order valence-electron chi connectivity index (χ2n) is 5.97. The molecule has 0 amide bonds. The lowest BCUT2D eigenvalue weighted by molar-refractivity contribution is 0.305. The highest BCUT2D eigenvalue weighted by atomic mass is 35.5. The van der Waals surface area contributed by atoms with Crippen molar-refractivity contribution in [3.8, 4) is 5.75 Å². The number of ether oxygens (including phenoxy) is 1. The second kappa shape index (κ2) is 11.9. The first-order valence-corrected chi connectivity index (χ1v) is 10.3. The van der Waals surface area contributed by atoms with Crippen LogP contribution in [0.1, 0.15) is 19.3 Å². The predicted molar refractivity (Wildman–Crippen MR) is 127 cm³/mol. The van der Waals surface area contributed by atoms with Crippen LogP contribution in [0.3, 0.4) is 0 Å². The molecule has 0 aromatic heterocycles. The molecule has 2 aromatic rings. The SMILES string of the molecule is NC(=S)Nc1cccc(OCCCCCNC(=S)Nc2cc(Cl)cc(Cl)c2)c1. The molecule has 5 N–H and O–H groups in total. The minimum atomic E-state index is 0.232. The van der Waals surface area contributed by atoms with E-state index in [-0.39, 0.29) is 5.11 Å². The summed E-state index contributed by atoms with van der Waals surface area (Å²) in [7, 11) is 0. The van der Waals surface area contributed by atoms with Crippen molar-refractivity contribution in [2.24, 2.45) is 5.73 Å². The normalized spacial score (nSPS) is 10.2. The molecule has 150 valence electrons. The van der Waals surface area contributed by atoms with Crippen molar-refractivity contribution in [1.82, 2.24) is 5.32 Å². The molecule has 0 saturated heterocycles. The Kier molecular flexibility index (Phi) is 9.57. The maximum atomic E-state index is 5.97. The van der Waals surface area contributed by atoms with E-state index in [0.717, 1.165) is 42.9 Å². The molecule has 0 bridgehead atoms. The average Bonchev–Trinajstić information content (AvgIpc) is 2.59. The molecule has 0 aliphatic rings. The summed E-state index contributed by atoms with van der Waals surface area (Å²) in [5.41, 5.74) is 7.04. The summed E-state index contributed by atoms with van der Waals surface area (Å²) in [6, 6.07) is 12.7. The summed E-state index contributed by atoms with van der Waals surface area (Å²) in [5.74, 6) is 0.782. The van der Waals surface area contributed by atoms with E-state index in [1.807, 2.05) is 24.3 Å². The minimum Gasteiger partial charge on any atom is -0.494 e. The predicted octanol–water partition coefficient (Wildman–Crippen LogP) is 5.18. The van der Waals surface area contributed by atoms with Crippen molar-refractivity contribution in [3.63, 3.8) is 0 Å². The molecular weight excluding hydrogens is 435 g/mol. The number of hydrogen-bond donors (Lipinski definition) is 4. The minimum absolute atomic E-state index is 0.232. The van der Waals surface area contributed by atoms with Gasteiger partial charge in [0.05, 0.1) is 6.61 Å². The van der Waals surface area contributed by atoms with Crippen LogP contribution in [0.4, 0.5) is 11.4 Å². The molecule has 0 atom stereocenters. The van der Waals surface area contributed by atoms with E-state index in [0.29, 0.717) is 21.8 Å². The fourth-order valence-electron chi connectivity index (χ4n) is 2.40. The van der Waals surface area contributed by atoms with Crippen molar-refractivity contribution in [1.29, 1.82) is 0 Å². The summed E-state index contributed by atoms with van der Waals surface area (Å²) in [6.07, 6.45) is 2.94. The summed E-state index contributed by atoms with van der Waals surface area (Å²) in [6.45, 7) is 1.41. The largest absolute Gasteiger partial charge is 0.494 e. The van der Waals surface area contributed by atoms with Gasteiger partial charge in [0.2, 0.25) is 0 Å². The zero-order valence-corrected chi connectivity index (χ0v) is 18.3. The van der Waals surface area contributed by atoms with Gasteiger partial charge in [-0.1, -0.05) is 29.3 Å². The van der Waals surface area contributed by atoms with Crippen LogP contribution in [0.2, 0.25) is 10.0 Å². The van der Waals surface area contributed by atoms with Crippen LogP contribution in [-0.4, -0.2) is 23.4 Å². The van der Waals surface area contributed by atoms with Crippen molar-refractivity contribution in [3.05, 3.63) is 52.5 Å². The van der Waals surface area contributed by atoms with Crippen LogP contribution in [0, 0.1) is 0 Å². The third kappa shape index (κ3) is 8.93. The molecule has 2 rings (SSSR count). The molecule has 2 aromatic carbocycles. The van der Waals surface area contributed by atoms with Gasteiger partial charge in [-0.3, -0.25) is 0 Å². The Hall–Kier alpha value is -1.80. The van der Waals surface area contributed by atoms with Gasteiger partial charge in [0.15, 0.2) is 10.2 Å². The Labute approximate surface area is 185 Å². The number of halogens is 2. The van der Waals surface area contributed by atoms with E-state index in [2.05, 4.69) is 16.0 Å². The van der Waals surface area contributed by atoms with Gasteiger partial charge in [0.1, 0.15) is 5.75 Å². The van der Waals surface area contributed by atoms with Crippen molar-refractivity contribution in [2.45, 2.75) is 19.3 Å². The van der Waals surface area contributed by atoms with Crippen molar-refractivity contribution >= 4 is 69.2 Å². The molecule has 0 unspecified atom stereocenters. The van der Waals surface area contributed by atoms with Gasteiger partial charge in [-0.25, -0.2) is 0 Å². The number of rotatable bonds is 9. The highest BCUT2D eigenvalue weighted by Crippen LogP contribution is 2.22. The number of nitrogens with one attached hydrogen (secondary N) is 3. The first kappa shape index (κ1) is 22.5. The molecule has 5 nitrogen and oxygen atoms in total. The quantitative estimate of drug-likeness (QED) is 0.305. The number of unbranched alkanes of at least 4 members (excludes halogenated alkanes) is 2. The fourth-order valence-corrected chi connectivity index (χ4v) is 3.27. The van der Waals surface area contributed by atoms with E-state index in [1.165, 1.54) is 0 Å².